The van der Waals surface area contributed by atoms with Crippen molar-refractivity contribution in [2.45, 2.75) is 0 Å². The van der Waals surface area contributed by atoms with Gasteiger partial charge in [0.2, 0.25) is 0 Å². The van der Waals surface area contributed by atoms with Gasteiger partial charge in [0, 0.05) is 30.1 Å². The van der Waals surface area contributed by atoms with Crippen LogP contribution in [-0.2, 0) is 0 Å². The van der Waals surface area contributed by atoms with E-state index in [2.05, 4.69) is 15.3 Å². The van der Waals surface area contributed by atoms with Crippen molar-refractivity contribution < 1.29 is 13.6 Å². The number of hydrogen-bond donors (Lipinski definition) is 2. The molecule has 0 saturated heterocycles. The number of carbonyl (C=O) groups excluding carboxylic acids is 1. The second kappa shape index (κ2) is 7.14. The molecule has 0 fully saturated rings. The van der Waals surface area contributed by atoms with Crippen molar-refractivity contribution >= 4 is 28.7 Å². The lowest BCUT2D eigenvalue weighted by Gasteiger charge is -2.20. The quantitative estimate of drug-likeness (QED) is 0.701. The van der Waals surface area contributed by atoms with Gasteiger partial charge < -0.3 is 16.0 Å². The van der Waals surface area contributed by atoms with Crippen LogP contribution < -0.4 is 16.0 Å². The van der Waals surface area contributed by atoms with Crippen LogP contribution in [0.2, 0.25) is 0 Å². The number of nitrogens with one attached hydrogen (secondary N) is 1. The Balaban J connectivity index is 1.92. The predicted molar refractivity (Wildman–Crippen MR) is 95.3 cm³/mol. The SMILES string of the molecule is CN(c1cncnc1)c1cc(NC(=O)c2cccc(N)c2)cc(F)c1F. The molecule has 0 saturated carbocycles. The van der Waals surface area contributed by atoms with Crippen molar-refractivity contribution in [3.63, 3.8) is 0 Å². The van der Waals surface area contributed by atoms with E-state index in [4.69, 9.17) is 5.73 Å². The highest BCUT2D eigenvalue weighted by atomic mass is 19.2. The van der Waals surface area contributed by atoms with Crippen molar-refractivity contribution in [2.75, 3.05) is 23.0 Å². The van der Waals surface area contributed by atoms with E-state index in [0.717, 1.165) is 6.07 Å². The first-order chi connectivity index (χ1) is 12.5. The Morgan fingerprint density at radius 3 is 2.58 bits per heavy atom. The van der Waals surface area contributed by atoms with Gasteiger partial charge >= 0.3 is 0 Å². The number of halogens is 2. The van der Waals surface area contributed by atoms with E-state index in [1.54, 1.807) is 25.2 Å². The minimum Gasteiger partial charge on any atom is -0.399 e. The van der Waals surface area contributed by atoms with Crippen LogP contribution >= 0.6 is 0 Å². The Morgan fingerprint density at radius 2 is 1.88 bits per heavy atom. The number of amides is 1. The molecule has 0 aliphatic carbocycles. The number of rotatable bonds is 4. The molecule has 0 bridgehead atoms. The molecule has 132 valence electrons. The van der Waals surface area contributed by atoms with Gasteiger partial charge in [-0.25, -0.2) is 18.7 Å². The second-order valence-electron chi connectivity index (χ2n) is 5.53. The standard InChI is InChI=1S/C18H15F2N5O/c1-25(14-8-22-10-23-9-14)16-7-13(6-15(19)17(16)20)24-18(26)11-3-2-4-12(21)5-11/h2-10H,21H2,1H3,(H,24,26). The minimum atomic E-state index is -1.09. The maximum Gasteiger partial charge on any atom is 0.255 e. The third-order valence-corrected chi connectivity index (χ3v) is 3.71. The first kappa shape index (κ1) is 17.3. The third kappa shape index (κ3) is 3.59. The van der Waals surface area contributed by atoms with Gasteiger partial charge in [-0.05, 0) is 24.3 Å². The molecule has 3 aromatic rings. The molecule has 0 atom stereocenters. The molecule has 1 heterocycles. The smallest absolute Gasteiger partial charge is 0.255 e. The number of benzene rings is 2. The highest BCUT2D eigenvalue weighted by molar-refractivity contribution is 6.05. The number of nitrogen functional groups attached to an aromatic ring is 1. The summed E-state index contributed by atoms with van der Waals surface area (Å²) in [4.78, 5) is 21.4. The molecule has 0 aliphatic rings. The van der Waals surface area contributed by atoms with E-state index in [0.29, 0.717) is 16.9 Å². The van der Waals surface area contributed by atoms with Gasteiger partial charge in [-0.2, -0.15) is 0 Å². The summed E-state index contributed by atoms with van der Waals surface area (Å²) in [7, 11) is 1.54. The number of carbonyl (C=O) groups is 1. The molecule has 0 spiro atoms. The minimum absolute atomic E-state index is 0.0670. The molecule has 0 unspecified atom stereocenters. The van der Waals surface area contributed by atoms with Crippen LogP contribution in [0.1, 0.15) is 10.4 Å². The van der Waals surface area contributed by atoms with E-state index >= 15 is 0 Å². The van der Waals surface area contributed by atoms with E-state index in [9.17, 15) is 13.6 Å². The summed E-state index contributed by atoms with van der Waals surface area (Å²) in [5.41, 5.74) is 6.89. The molecular formula is C18H15F2N5O. The van der Waals surface area contributed by atoms with Crippen molar-refractivity contribution in [1.82, 2.24) is 9.97 Å². The molecule has 1 amide bonds. The van der Waals surface area contributed by atoms with Gasteiger partial charge in [-0.3, -0.25) is 4.79 Å². The molecule has 3 N–H and O–H groups in total. The van der Waals surface area contributed by atoms with Gasteiger partial charge in [0.1, 0.15) is 6.33 Å². The molecule has 0 aliphatic heterocycles. The topological polar surface area (TPSA) is 84.1 Å². The zero-order valence-corrected chi connectivity index (χ0v) is 13.8. The average Bonchev–Trinajstić information content (AvgIpc) is 2.64. The first-order valence-electron chi connectivity index (χ1n) is 7.60. The van der Waals surface area contributed by atoms with Gasteiger partial charge in [-0.1, -0.05) is 6.07 Å². The molecule has 26 heavy (non-hydrogen) atoms. The van der Waals surface area contributed by atoms with Crippen molar-refractivity contribution in [3.05, 3.63) is 72.3 Å². The number of anilines is 4. The second-order valence-corrected chi connectivity index (χ2v) is 5.53. The Kier molecular flexibility index (Phi) is 4.74. The normalized spacial score (nSPS) is 10.4. The maximum absolute atomic E-state index is 14.2. The predicted octanol–water partition coefficient (Wildman–Crippen LogP) is 3.36. The summed E-state index contributed by atoms with van der Waals surface area (Å²) in [6.07, 6.45) is 4.25. The highest BCUT2D eigenvalue weighted by Gasteiger charge is 2.17. The monoisotopic (exact) mass is 355 g/mol. The lowest BCUT2D eigenvalue weighted by atomic mass is 10.1. The summed E-state index contributed by atoms with van der Waals surface area (Å²) in [5.74, 6) is -2.62. The Hall–Kier alpha value is -3.55. The lowest BCUT2D eigenvalue weighted by molar-refractivity contribution is 0.102. The van der Waals surface area contributed by atoms with Crippen molar-refractivity contribution in [3.8, 4) is 0 Å². The van der Waals surface area contributed by atoms with Crippen LogP contribution in [0.4, 0.5) is 31.5 Å². The first-order valence-corrected chi connectivity index (χ1v) is 7.60. The molecule has 0 radical (unpaired) electrons. The zero-order chi connectivity index (χ0) is 18.7. The molecular weight excluding hydrogens is 340 g/mol. The molecule has 3 rings (SSSR count). The summed E-state index contributed by atoms with van der Waals surface area (Å²) in [6, 6.07) is 8.57. The van der Waals surface area contributed by atoms with E-state index in [1.807, 2.05) is 0 Å². The number of nitrogens with two attached hydrogens (primary N) is 1. The van der Waals surface area contributed by atoms with Gasteiger partial charge in [-0.15, -0.1) is 0 Å². The molecule has 1 aromatic heterocycles. The molecule has 8 heteroatoms. The van der Waals surface area contributed by atoms with E-state index in [1.165, 1.54) is 35.8 Å². The summed E-state index contributed by atoms with van der Waals surface area (Å²) < 4.78 is 28.3. The Morgan fingerprint density at radius 1 is 1.15 bits per heavy atom. The molecule has 6 nitrogen and oxygen atoms in total. The van der Waals surface area contributed by atoms with Crippen molar-refractivity contribution in [1.29, 1.82) is 0 Å². The van der Waals surface area contributed by atoms with E-state index in [-0.39, 0.29) is 11.4 Å². The summed E-state index contributed by atoms with van der Waals surface area (Å²) in [5, 5.41) is 2.54. The summed E-state index contributed by atoms with van der Waals surface area (Å²) >= 11 is 0. The molecule has 2 aromatic carbocycles. The van der Waals surface area contributed by atoms with Crippen LogP contribution in [0.15, 0.2) is 55.1 Å². The Bertz CT molecular complexity index is 950. The lowest BCUT2D eigenvalue weighted by Crippen LogP contribution is -2.16. The highest BCUT2D eigenvalue weighted by Crippen LogP contribution is 2.30. The zero-order valence-electron chi connectivity index (χ0n) is 13.8. The third-order valence-electron chi connectivity index (χ3n) is 3.71. The van der Waals surface area contributed by atoms with Gasteiger partial charge in [0.25, 0.3) is 5.91 Å². The fraction of sp³-hybridized carbons (Fsp3) is 0.0556. The van der Waals surface area contributed by atoms with Crippen LogP contribution in [0.3, 0.4) is 0 Å². The number of nitrogens with zero attached hydrogens (tertiary/aromatic N) is 3. The summed E-state index contributed by atoms with van der Waals surface area (Å²) in [6.45, 7) is 0. The van der Waals surface area contributed by atoms with Gasteiger partial charge in [0.15, 0.2) is 11.6 Å². The van der Waals surface area contributed by atoms with Gasteiger partial charge in [0.05, 0.1) is 23.8 Å². The van der Waals surface area contributed by atoms with Crippen LogP contribution in [0.5, 0.6) is 0 Å². The van der Waals surface area contributed by atoms with E-state index < -0.39 is 17.5 Å². The van der Waals surface area contributed by atoms with Crippen LogP contribution in [0.25, 0.3) is 0 Å². The number of aromatic nitrogens is 2. The maximum atomic E-state index is 14.2. The fourth-order valence-electron chi connectivity index (χ4n) is 2.38. The average molecular weight is 355 g/mol. The van der Waals surface area contributed by atoms with Crippen LogP contribution in [-0.4, -0.2) is 22.9 Å². The largest absolute Gasteiger partial charge is 0.399 e. The van der Waals surface area contributed by atoms with Crippen molar-refractivity contribution in [2.24, 2.45) is 0 Å². The Labute approximate surface area is 148 Å². The fourth-order valence-corrected chi connectivity index (χ4v) is 2.38. The van der Waals surface area contributed by atoms with Crippen LogP contribution in [0, 0.1) is 11.6 Å². The number of hydrogen-bond acceptors (Lipinski definition) is 5.